The van der Waals surface area contributed by atoms with E-state index in [4.69, 9.17) is 4.74 Å². The van der Waals surface area contributed by atoms with Crippen LogP contribution in [0.4, 0.5) is 15.8 Å². The summed E-state index contributed by atoms with van der Waals surface area (Å²) in [6.07, 6.45) is 0. The lowest BCUT2D eigenvalue weighted by molar-refractivity contribution is -0.120. The lowest BCUT2D eigenvalue weighted by atomic mass is 10.2. The Hall–Kier alpha value is -3.45. The van der Waals surface area contributed by atoms with Crippen LogP contribution in [0.2, 0.25) is 0 Å². The van der Waals surface area contributed by atoms with E-state index in [1.54, 1.807) is 42.5 Å². The number of halogens is 1. The summed E-state index contributed by atoms with van der Waals surface area (Å²) in [6.45, 7) is 2.38. The second-order valence-electron chi connectivity index (χ2n) is 6.21. The molecule has 0 spiro atoms. The standard InChI is InChI=1S/C22H17FN2O3S/c1-2-28-15-8-5-7-14(13-15)24-20-19(18-11-6-12-29-18)21(26)25(22(20)27)17-10-4-3-9-16(17)23/h3-13,24H,2H2,1H3. The van der Waals surface area contributed by atoms with Gasteiger partial charge in [-0.05, 0) is 42.6 Å². The van der Waals surface area contributed by atoms with Crippen molar-refractivity contribution in [3.05, 3.63) is 82.4 Å². The molecule has 146 valence electrons. The molecular formula is C22H17FN2O3S. The van der Waals surface area contributed by atoms with Gasteiger partial charge in [-0.1, -0.05) is 24.3 Å². The molecule has 2 amide bonds. The Morgan fingerprint density at radius 2 is 1.86 bits per heavy atom. The zero-order chi connectivity index (χ0) is 20.4. The number of imide groups is 1. The number of nitrogens with zero attached hydrogens (tertiary/aromatic N) is 1. The van der Waals surface area contributed by atoms with E-state index in [1.807, 2.05) is 12.3 Å². The van der Waals surface area contributed by atoms with Crippen LogP contribution in [0.5, 0.6) is 5.75 Å². The number of ether oxygens (including phenoxy) is 1. The third kappa shape index (κ3) is 3.52. The zero-order valence-electron chi connectivity index (χ0n) is 15.5. The molecule has 3 aromatic rings. The Kier molecular flexibility index (Phi) is 5.14. The summed E-state index contributed by atoms with van der Waals surface area (Å²) < 4.78 is 19.8. The number of hydrogen-bond acceptors (Lipinski definition) is 5. The Balaban J connectivity index is 1.78. The van der Waals surface area contributed by atoms with Crippen molar-refractivity contribution in [2.24, 2.45) is 0 Å². The monoisotopic (exact) mass is 408 g/mol. The van der Waals surface area contributed by atoms with Gasteiger partial charge in [0.1, 0.15) is 17.3 Å². The second-order valence-corrected chi connectivity index (χ2v) is 7.16. The van der Waals surface area contributed by atoms with E-state index >= 15 is 0 Å². The SMILES string of the molecule is CCOc1cccc(NC2=C(c3cccs3)C(=O)N(c3ccccc3F)C2=O)c1. The van der Waals surface area contributed by atoms with Gasteiger partial charge in [0.25, 0.3) is 11.8 Å². The fraction of sp³-hybridized carbons (Fsp3) is 0.0909. The lowest BCUT2D eigenvalue weighted by Crippen LogP contribution is -2.33. The molecule has 1 N–H and O–H groups in total. The van der Waals surface area contributed by atoms with Gasteiger partial charge in [0, 0.05) is 16.6 Å². The maximum atomic E-state index is 14.4. The van der Waals surface area contributed by atoms with Gasteiger partial charge in [0.15, 0.2) is 0 Å². The highest BCUT2D eigenvalue weighted by Crippen LogP contribution is 2.36. The topological polar surface area (TPSA) is 58.6 Å². The van der Waals surface area contributed by atoms with E-state index in [0.29, 0.717) is 22.9 Å². The minimum absolute atomic E-state index is 0.0728. The average Bonchev–Trinajstić information content (AvgIpc) is 3.31. The van der Waals surface area contributed by atoms with Crippen LogP contribution in [-0.4, -0.2) is 18.4 Å². The molecule has 0 radical (unpaired) electrons. The predicted octanol–water partition coefficient (Wildman–Crippen LogP) is 4.68. The Bertz CT molecular complexity index is 1110. The number of hydrogen-bond donors (Lipinski definition) is 1. The van der Waals surface area contributed by atoms with Crippen molar-refractivity contribution in [3.8, 4) is 5.75 Å². The Morgan fingerprint density at radius 3 is 2.59 bits per heavy atom. The highest BCUT2D eigenvalue weighted by molar-refractivity contribution is 7.11. The Morgan fingerprint density at radius 1 is 1.03 bits per heavy atom. The number of rotatable bonds is 6. The van der Waals surface area contributed by atoms with Gasteiger partial charge in [-0.25, -0.2) is 9.29 Å². The summed E-state index contributed by atoms with van der Waals surface area (Å²) in [7, 11) is 0. The zero-order valence-corrected chi connectivity index (χ0v) is 16.3. The van der Waals surface area contributed by atoms with Gasteiger partial charge in [0.05, 0.1) is 17.9 Å². The van der Waals surface area contributed by atoms with Gasteiger partial charge >= 0.3 is 0 Å². The molecule has 0 bridgehead atoms. The van der Waals surface area contributed by atoms with Crippen molar-refractivity contribution in [2.45, 2.75) is 6.92 Å². The smallest absolute Gasteiger partial charge is 0.282 e. The third-order valence-corrected chi connectivity index (χ3v) is 5.25. The molecule has 0 atom stereocenters. The van der Waals surface area contributed by atoms with E-state index in [2.05, 4.69) is 5.32 Å². The summed E-state index contributed by atoms with van der Waals surface area (Å²) in [6, 6.07) is 16.4. The van der Waals surface area contributed by atoms with Crippen molar-refractivity contribution in [2.75, 3.05) is 16.8 Å². The fourth-order valence-corrected chi connectivity index (χ4v) is 3.89. The van der Waals surface area contributed by atoms with Crippen LogP contribution in [0.25, 0.3) is 5.57 Å². The van der Waals surface area contributed by atoms with E-state index in [1.165, 1.54) is 29.5 Å². The molecule has 5 nitrogen and oxygen atoms in total. The van der Waals surface area contributed by atoms with Crippen molar-refractivity contribution in [3.63, 3.8) is 0 Å². The van der Waals surface area contributed by atoms with Gasteiger partial charge in [-0.3, -0.25) is 9.59 Å². The van der Waals surface area contributed by atoms with E-state index < -0.39 is 17.6 Å². The number of amides is 2. The maximum Gasteiger partial charge on any atom is 0.282 e. The first-order chi connectivity index (χ1) is 14.1. The molecule has 2 aromatic carbocycles. The van der Waals surface area contributed by atoms with Crippen LogP contribution >= 0.6 is 11.3 Å². The first-order valence-electron chi connectivity index (χ1n) is 9.01. The summed E-state index contributed by atoms with van der Waals surface area (Å²) in [5.74, 6) is -1.17. The fourth-order valence-electron chi connectivity index (χ4n) is 3.12. The predicted molar refractivity (Wildman–Crippen MR) is 111 cm³/mol. The van der Waals surface area contributed by atoms with Gasteiger partial charge in [-0.2, -0.15) is 0 Å². The largest absolute Gasteiger partial charge is 0.494 e. The molecule has 1 aromatic heterocycles. The van der Waals surface area contributed by atoms with Crippen molar-refractivity contribution in [1.82, 2.24) is 0 Å². The summed E-state index contributed by atoms with van der Waals surface area (Å²) in [5, 5.41) is 4.87. The van der Waals surface area contributed by atoms with Crippen LogP contribution in [0.1, 0.15) is 11.8 Å². The number of anilines is 2. The second kappa shape index (κ2) is 7.89. The van der Waals surface area contributed by atoms with E-state index in [-0.39, 0.29) is 17.0 Å². The van der Waals surface area contributed by atoms with E-state index in [9.17, 15) is 14.0 Å². The van der Waals surface area contributed by atoms with Crippen molar-refractivity contribution >= 4 is 40.1 Å². The first-order valence-corrected chi connectivity index (χ1v) is 9.89. The molecule has 2 heterocycles. The summed E-state index contributed by atoms with van der Waals surface area (Å²) in [5.41, 5.74) is 0.845. The van der Waals surface area contributed by atoms with Crippen molar-refractivity contribution in [1.29, 1.82) is 0 Å². The molecular weight excluding hydrogens is 391 g/mol. The number of nitrogens with one attached hydrogen (secondary N) is 1. The lowest BCUT2D eigenvalue weighted by Gasteiger charge is -2.16. The highest BCUT2D eigenvalue weighted by Gasteiger charge is 2.41. The number of benzene rings is 2. The Labute approximate surface area is 171 Å². The molecule has 7 heteroatoms. The molecule has 1 aliphatic heterocycles. The molecule has 0 aliphatic carbocycles. The van der Waals surface area contributed by atoms with Crippen LogP contribution < -0.4 is 15.0 Å². The summed E-state index contributed by atoms with van der Waals surface area (Å²) >= 11 is 1.34. The molecule has 0 saturated carbocycles. The molecule has 0 fully saturated rings. The van der Waals surface area contributed by atoms with Gasteiger partial charge < -0.3 is 10.1 Å². The van der Waals surface area contributed by atoms with Crippen LogP contribution in [0.15, 0.2) is 71.7 Å². The average molecular weight is 408 g/mol. The number of carbonyl (C=O) groups is 2. The summed E-state index contributed by atoms with van der Waals surface area (Å²) in [4.78, 5) is 27.8. The van der Waals surface area contributed by atoms with Crippen LogP contribution in [0, 0.1) is 5.82 Å². The van der Waals surface area contributed by atoms with Gasteiger partial charge in [0.2, 0.25) is 0 Å². The number of para-hydroxylation sites is 1. The van der Waals surface area contributed by atoms with Crippen LogP contribution in [0.3, 0.4) is 0 Å². The van der Waals surface area contributed by atoms with Gasteiger partial charge in [-0.15, -0.1) is 11.3 Å². The van der Waals surface area contributed by atoms with E-state index in [0.717, 1.165) is 4.90 Å². The molecule has 1 aliphatic rings. The van der Waals surface area contributed by atoms with Crippen LogP contribution in [-0.2, 0) is 9.59 Å². The normalized spacial score (nSPS) is 13.9. The molecule has 0 unspecified atom stereocenters. The molecule has 29 heavy (non-hydrogen) atoms. The number of carbonyl (C=O) groups excluding carboxylic acids is 2. The molecule has 4 rings (SSSR count). The third-order valence-electron chi connectivity index (χ3n) is 4.36. The maximum absolute atomic E-state index is 14.4. The minimum Gasteiger partial charge on any atom is -0.494 e. The van der Waals surface area contributed by atoms with Crippen molar-refractivity contribution < 1.29 is 18.7 Å². The molecule has 0 saturated heterocycles. The minimum atomic E-state index is -0.640. The number of thiophene rings is 1. The first kappa shape index (κ1) is 18.9. The highest BCUT2D eigenvalue weighted by atomic mass is 32.1. The quantitative estimate of drug-likeness (QED) is 0.602.